The number of thioether (sulfide) groups is 1. The van der Waals surface area contributed by atoms with Gasteiger partial charge in [0.2, 0.25) is 5.91 Å². The van der Waals surface area contributed by atoms with Gasteiger partial charge in [-0.3, -0.25) is 9.69 Å². The van der Waals surface area contributed by atoms with Crippen LogP contribution in [0.15, 0.2) is 52.7 Å². The van der Waals surface area contributed by atoms with Gasteiger partial charge in [-0.05, 0) is 30.3 Å². The van der Waals surface area contributed by atoms with E-state index in [1.54, 1.807) is 11.4 Å². The summed E-state index contributed by atoms with van der Waals surface area (Å²) < 4.78 is 53.0. The summed E-state index contributed by atoms with van der Waals surface area (Å²) in [7, 11) is 0. The maximum absolute atomic E-state index is 14.1. The van der Waals surface area contributed by atoms with Gasteiger partial charge >= 0.3 is 6.18 Å². The Morgan fingerprint density at radius 2 is 1.97 bits per heavy atom. The summed E-state index contributed by atoms with van der Waals surface area (Å²) >= 11 is 7.93. The van der Waals surface area contributed by atoms with Crippen LogP contribution in [-0.2, 0) is 16.7 Å². The van der Waals surface area contributed by atoms with E-state index in [1.807, 2.05) is 0 Å². The van der Waals surface area contributed by atoms with Crippen LogP contribution in [0.1, 0.15) is 18.2 Å². The topological polar surface area (TPSA) is 33.2 Å². The average molecular weight is 461 g/mol. The number of para-hydroxylation sites is 1. The smallest absolute Gasteiger partial charge is 0.274 e. The minimum absolute atomic E-state index is 0.0843. The number of hydrogen-bond acceptors (Lipinski definition) is 4. The third-order valence-electron chi connectivity index (χ3n) is 3.77. The van der Waals surface area contributed by atoms with Gasteiger partial charge in [-0.1, -0.05) is 23.7 Å². The highest BCUT2D eigenvalue weighted by atomic mass is 35.5. The molecule has 3 aromatic rings. The minimum Gasteiger partial charge on any atom is -0.274 e. The first-order valence-corrected chi connectivity index (χ1v) is 10.4. The zero-order valence-electron chi connectivity index (χ0n) is 14.8. The number of rotatable bonds is 5. The second-order valence-corrected chi connectivity index (χ2v) is 8.15. The molecule has 0 aliphatic rings. The quantitative estimate of drug-likeness (QED) is 0.305. The number of carbonyl (C=O) groups excluding carboxylic acids is 1. The number of carbonyl (C=O) groups is 1. The fraction of sp³-hybridized carbons (Fsp3) is 0.158. The van der Waals surface area contributed by atoms with Crippen molar-refractivity contribution in [1.82, 2.24) is 4.98 Å². The van der Waals surface area contributed by atoms with E-state index < -0.39 is 23.5 Å². The first kappa shape index (κ1) is 21.6. The molecule has 0 spiro atoms. The third kappa shape index (κ3) is 5.09. The summed E-state index contributed by atoms with van der Waals surface area (Å²) in [6.07, 6.45) is -4.54. The Hall–Kier alpha value is -2.10. The number of benzene rings is 2. The lowest BCUT2D eigenvalue weighted by Crippen LogP contribution is -2.23. The first-order chi connectivity index (χ1) is 13.7. The van der Waals surface area contributed by atoms with Crippen LogP contribution in [0, 0.1) is 5.82 Å². The van der Waals surface area contributed by atoms with Crippen LogP contribution in [0.5, 0.6) is 0 Å². The molecule has 1 amide bonds. The zero-order valence-corrected chi connectivity index (χ0v) is 17.2. The summed E-state index contributed by atoms with van der Waals surface area (Å²) in [6.45, 7) is 1.30. The Bertz CT molecular complexity index is 1040. The fourth-order valence-electron chi connectivity index (χ4n) is 2.47. The van der Waals surface area contributed by atoms with Gasteiger partial charge in [0, 0.05) is 23.0 Å². The Kier molecular flexibility index (Phi) is 6.50. The van der Waals surface area contributed by atoms with Gasteiger partial charge in [-0.25, -0.2) is 9.37 Å². The number of halogens is 5. The van der Waals surface area contributed by atoms with Crippen LogP contribution in [0.2, 0.25) is 5.02 Å². The third-order valence-corrected chi connectivity index (χ3v) is 6.00. The monoisotopic (exact) mass is 460 g/mol. The lowest BCUT2D eigenvalue weighted by molar-refractivity contribution is -0.137. The van der Waals surface area contributed by atoms with Gasteiger partial charge < -0.3 is 0 Å². The van der Waals surface area contributed by atoms with Crippen LogP contribution in [-0.4, -0.2) is 10.9 Å². The van der Waals surface area contributed by atoms with Crippen molar-refractivity contribution in [2.24, 2.45) is 0 Å². The molecule has 2 aromatic carbocycles. The normalized spacial score (nSPS) is 11.5. The van der Waals surface area contributed by atoms with E-state index in [9.17, 15) is 22.4 Å². The Balaban J connectivity index is 1.79. The van der Waals surface area contributed by atoms with Crippen molar-refractivity contribution in [2.75, 3.05) is 4.90 Å². The molecule has 0 N–H and O–H groups in total. The highest BCUT2D eigenvalue weighted by molar-refractivity contribution is 7.98. The van der Waals surface area contributed by atoms with E-state index in [0.717, 1.165) is 34.1 Å². The molecule has 1 aromatic heterocycles. The minimum atomic E-state index is -4.54. The van der Waals surface area contributed by atoms with Crippen LogP contribution >= 0.6 is 34.7 Å². The molecule has 0 saturated heterocycles. The molecule has 0 aliphatic heterocycles. The summed E-state index contributed by atoms with van der Waals surface area (Å²) in [5.41, 5.74) is -0.257. The van der Waals surface area contributed by atoms with Crippen molar-refractivity contribution in [3.8, 4) is 0 Å². The van der Waals surface area contributed by atoms with Crippen molar-refractivity contribution >= 4 is 51.4 Å². The number of amides is 1. The summed E-state index contributed by atoms with van der Waals surface area (Å²) in [5, 5.41) is 1.60. The first-order valence-electron chi connectivity index (χ1n) is 8.16. The van der Waals surface area contributed by atoms with Crippen molar-refractivity contribution in [3.63, 3.8) is 0 Å². The SMILES string of the molecule is CC(=O)N(c1nc(CSc2ccc(Cl)c(C(F)(F)F)c2)cs1)c1ccccc1F. The van der Waals surface area contributed by atoms with Crippen molar-refractivity contribution in [2.45, 2.75) is 23.7 Å². The maximum Gasteiger partial charge on any atom is 0.417 e. The molecule has 0 saturated carbocycles. The molecule has 0 fully saturated rings. The van der Waals surface area contributed by atoms with Gasteiger partial charge in [0.05, 0.1) is 22.0 Å². The number of anilines is 2. The number of hydrogen-bond donors (Lipinski definition) is 0. The molecule has 0 atom stereocenters. The van der Waals surface area contributed by atoms with Crippen LogP contribution in [0.4, 0.5) is 28.4 Å². The summed E-state index contributed by atoms with van der Waals surface area (Å²) in [4.78, 5) is 17.9. The highest BCUT2D eigenvalue weighted by Gasteiger charge is 2.33. The number of alkyl halides is 3. The van der Waals surface area contributed by atoms with Gasteiger partial charge in [0.1, 0.15) is 5.82 Å². The number of aromatic nitrogens is 1. The van der Waals surface area contributed by atoms with Crippen LogP contribution in [0.25, 0.3) is 0 Å². The van der Waals surface area contributed by atoms with E-state index in [0.29, 0.717) is 10.6 Å². The largest absolute Gasteiger partial charge is 0.417 e. The molecule has 10 heteroatoms. The molecule has 3 nitrogen and oxygen atoms in total. The lowest BCUT2D eigenvalue weighted by Gasteiger charge is -2.18. The molecule has 0 unspecified atom stereocenters. The van der Waals surface area contributed by atoms with Gasteiger partial charge in [0.15, 0.2) is 5.13 Å². The second-order valence-electron chi connectivity index (χ2n) is 5.86. The van der Waals surface area contributed by atoms with Gasteiger partial charge in [0.25, 0.3) is 0 Å². The Labute approximate surface area is 177 Å². The molecule has 29 heavy (non-hydrogen) atoms. The predicted molar refractivity (Wildman–Crippen MR) is 107 cm³/mol. The molecule has 0 radical (unpaired) electrons. The van der Waals surface area contributed by atoms with E-state index in [2.05, 4.69) is 4.98 Å². The molecule has 0 aliphatic carbocycles. The molecule has 0 bridgehead atoms. The zero-order chi connectivity index (χ0) is 21.2. The van der Waals surface area contributed by atoms with Gasteiger partial charge in [-0.2, -0.15) is 13.2 Å². The van der Waals surface area contributed by atoms with Crippen molar-refractivity contribution < 1.29 is 22.4 Å². The van der Waals surface area contributed by atoms with E-state index >= 15 is 0 Å². The average Bonchev–Trinajstić information content (AvgIpc) is 3.10. The number of thiazole rings is 1. The summed E-state index contributed by atoms with van der Waals surface area (Å²) in [6, 6.07) is 9.53. The van der Waals surface area contributed by atoms with Crippen molar-refractivity contribution in [1.29, 1.82) is 0 Å². The van der Waals surface area contributed by atoms with Crippen LogP contribution in [0.3, 0.4) is 0 Å². The fourth-order valence-corrected chi connectivity index (χ4v) is 4.51. The molecule has 152 valence electrons. The highest BCUT2D eigenvalue weighted by Crippen LogP contribution is 2.38. The molecular weight excluding hydrogens is 448 g/mol. The predicted octanol–water partition coefficient (Wildman–Crippen LogP) is 6.93. The Morgan fingerprint density at radius 3 is 2.62 bits per heavy atom. The second kappa shape index (κ2) is 8.73. The van der Waals surface area contributed by atoms with Crippen molar-refractivity contribution in [3.05, 3.63) is 69.9 Å². The molecule has 1 heterocycles. The van der Waals surface area contributed by atoms with E-state index in [1.165, 1.54) is 37.3 Å². The molecule has 3 rings (SSSR count). The standard InChI is InChI=1S/C19H13ClF4N2OS2/c1-11(27)26(17-5-3-2-4-16(17)21)18-25-12(10-29-18)9-28-13-6-7-15(20)14(8-13)19(22,23)24/h2-8,10H,9H2,1H3. The Morgan fingerprint density at radius 1 is 1.24 bits per heavy atom. The molecular formula is C19H13ClF4N2OS2. The van der Waals surface area contributed by atoms with Gasteiger partial charge in [-0.15, -0.1) is 23.1 Å². The van der Waals surface area contributed by atoms with E-state index in [-0.39, 0.29) is 21.6 Å². The lowest BCUT2D eigenvalue weighted by atomic mass is 10.2. The van der Waals surface area contributed by atoms with E-state index in [4.69, 9.17) is 11.6 Å². The maximum atomic E-state index is 14.1. The van der Waals surface area contributed by atoms with Crippen LogP contribution < -0.4 is 4.90 Å². The number of nitrogens with zero attached hydrogens (tertiary/aromatic N) is 2. The summed E-state index contributed by atoms with van der Waals surface area (Å²) in [5.74, 6) is -0.691.